The van der Waals surface area contributed by atoms with E-state index in [-0.39, 0.29) is 18.2 Å². The standard InChI is InChI=1S/C19H20FNO3/c1-3-24-19(23)16-11(2)21-14-5-4-6-15(22)18(14)17(16)12-7-9-13(20)10-8-12/h5,7-10,17-18,21H,3-4,6H2,1-2H3. The zero-order chi connectivity index (χ0) is 17.3. The summed E-state index contributed by atoms with van der Waals surface area (Å²) in [6.07, 6.45) is 3.15. The second kappa shape index (κ2) is 6.59. The van der Waals surface area contributed by atoms with E-state index >= 15 is 0 Å². The topological polar surface area (TPSA) is 55.4 Å². The largest absolute Gasteiger partial charge is 0.463 e. The summed E-state index contributed by atoms with van der Waals surface area (Å²) in [5, 5.41) is 3.19. The highest BCUT2D eigenvalue weighted by Gasteiger charge is 2.43. The van der Waals surface area contributed by atoms with Crippen molar-refractivity contribution in [3.8, 4) is 0 Å². The van der Waals surface area contributed by atoms with Crippen molar-refractivity contribution in [2.75, 3.05) is 6.61 Å². The number of allylic oxidation sites excluding steroid dienone is 3. The van der Waals surface area contributed by atoms with Crippen LogP contribution in [0.1, 0.15) is 38.2 Å². The fourth-order valence-corrected chi connectivity index (χ4v) is 3.52. The Morgan fingerprint density at radius 1 is 1.29 bits per heavy atom. The third-order valence-corrected chi connectivity index (χ3v) is 4.54. The molecular formula is C19H20FNO3. The molecule has 0 amide bonds. The summed E-state index contributed by atoms with van der Waals surface area (Å²) in [5.74, 6) is -1.60. The fraction of sp³-hybridized carbons (Fsp3) is 0.368. The lowest BCUT2D eigenvalue weighted by Crippen LogP contribution is -2.40. The molecule has 1 aliphatic heterocycles. The van der Waals surface area contributed by atoms with Gasteiger partial charge in [-0.3, -0.25) is 4.79 Å². The van der Waals surface area contributed by atoms with E-state index in [2.05, 4.69) is 5.32 Å². The quantitative estimate of drug-likeness (QED) is 0.865. The van der Waals surface area contributed by atoms with Crippen LogP contribution in [0.3, 0.4) is 0 Å². The van der Waals surface area contributed by atoms with Gasteiger partial charge in [-0.25, -0.2) is 9.18 Å². The number of fused-ring (bicyclic) bond motifs is 1. The summed E-state index contributed by atoms with van der Waals surface area (Å²) in [6, 6.07) is 5.98. The number of carbonyl (C=O) groups excluding carboxylic acids is 2. The van der Waals surface area contributed by atoms with E-state index in [1.165, 1.54) is 12.1 Å². The van der Waals surface area contributed by atoms with Gasteiger partial charge in [-0.2, -0.15) is 0 Å². The van der Waals surface area contributed by atoms with Gasteiger partial charge in [0, 0.05) is 23.7 Å². The predicted octanol–water partition coefficient (Wildman–Crippen LogP) is 3.21. The molecule has 24 heavy (non-hydrogen) atoms. The van der Waals surface area contributed by atoms with Gasteiger partial charge in [-0.15, -0.1) is 0 Å². The van der Waals surface area contributed by atoms with Crippen molar-refractivity contribution in [3.05, 3.63) is 58.7 Å². The normalized spacial score (nSPS) is 23.3. The van der Waals surface area contributed by atoms with Crippen molar-refractivity contribution in [2.24, 2.45) is 5.92 Å². The number of halogens is 1. The Labute approximate surface area is 140 Å². The van der Waals surface area contributed by atoms with Crippen LogP contribution in [0, 0.1) is 11.7 Å². The molecule has 1 aliphatic carbocycles. The fourth-order valence-electron chi connectivity index (χ4n) is 3.52. The number of Topliss-reactive ketones (excluding diaryl/α,β-unsaturated/α-hetero) is 1. The van der Waals surface area contributed by atoms with Crippen molar-refractivity contribution in [1.82, 2.24) is 5.32 Å². The lowest BCUT2D eigenvalue weighted by Gasteiger charge is -2.37. The molecule has 0 radical (unpaired) electrons. The Morgan fingerprint density at radius 2 is 2.00 bits per heavy atom. The number of hydrogen-bond acceptors (Lipinski definition) is 4. The molecule has 5 heteroatoms. The average Bonchev–Trinajstić information content (AvgIpc) is 2.55. The minimum atomic E-state index is -0.454. The maximum atomic E-state index is 13.3. The first-order chi connectivity index (χ1) is 11.5. The zero-order valence-corrected chi connectivity index (χ0v) is 13.8. The molecule has 4 nitrogen and oxygen atoms in total. The van der Waals surface area contributed by atoms with Crippen LogP contribution in [-0.4, -0.2) is 18.4 Å². The first-order valence-electron chi connectivity index (χ1n) is 8.16. The third kappa shape index (κ3) is 2.86. The lowest BCUT2D eigenvalue weighted by atomic mass is 9.71. The van der Waals surface area contributed by atoms with Gasteiger partial charge in [0.15, 0.2) is 0 Å². The highest BCUT2D eigenvalue weighted by molar-refractivity contribution is 5.96. The van der Waals surface area contributed by atoms with E-state index in [4.69, 9.17) is 4.74 Å². The first-order valence-corrected chi connectivity index (χ1v) is 8.16. The number of carbonyl (C=O) groups is 2. The molecule has 126 valence electrons. The molecule has 0 saturated carbocycles. The summed E-state index contributed by atoms with van der Waals surface area (Å²) >= 11 is 0. The first kappa shape index (κ1) is 16.4. The van der Waals surface area contributed by atoms with Gasteiger partial charge in [0.05, 0.1) is 18.1 Å². The van der Waals surface area contributed by atoms with E-state index in [0.717, 1.165) is 11.3 Å². The Hall–Kier alpha value is -2.43. The lowest BCUT2D eigenvalue weighted by molar-refractivity contribution is -0.139. The van der Waals surface area contributed by atoms with E-state index in [1.807, 2.05) is 6.08 Å². The van der Waals surface area contributed by atoms with E-state index in [9.17, 15) is 14.0 Å². The van der Waals surface area contributed by atoms with Crippen molar-refractivity contribution in [1.29, 1.82) is 0 Å². The number of benzene rings is 1. The molecule has 0 aromatic heterocycles. The van der Waals surface area contributed by atoms with Gasteiger partial charge < -0.3 is 10.1 Å². The molecule has 2 aliphatic rings. The monoisotopic (exact) mass is 329 g/mol. The number of nitrogens with one attached hydrogen (secondary N) is 1. The van der Waals surface area contributed by atoms with Crippen LogP contribution in [-0.2, 0) is 14.3 Å². The van der Waals surface area contributed by atoms with Crippen LogP contribution >= 0.6 is 0 Å². The molecule has 1 N–H and O–H groups in total. The van der Waals surface area contributed by atoms with Crippen LogP contribution < -0.4 is 5.32 Å². The molecule has 3 rings (SSSR count). The zero-order valence-electron chi connectivity index (χ0n) is 13.8. The maximum absolute atomic E-state index is 13.3. The van der Waals surface area contributed by atoms with Gasteiger partial charge in [-0.05, 0) is 38.0 Å². The summed E-state index contributed by atoms with van der Waals surface area (Å²) in [7, 11) is 0. The molecule has 0 bridgehead atoms. The molecule has 1 heterocycles. The van der Waals surface area contributed by atoms with E-state index in [1.54, 1.807) is 26.0 Å². The second-order valence-electron chi connectivity index (χ2n) is 6.06. The number of rotatable bonds is 3. The van der Waals surface area contributed by atoms with Crippen molar-refractivity contribution < 1.29 is 18.7 Å². The van der Waals surface area contributed by atoms with E-state index in [0.29, 0.717) is 24.1 Å². The molecule has 0 spiro atoms. The molecule has 0 saturated heterocycles. The minimum Gasteiger partial charge on any atom is -0.463 e. The van der Waals surface area contributed by atoms with Gasteiger partial charge in [-0.1, -0.05) is 18.2 Å². The average molecular weight is 329 g/mol. The summed E-state index contributed by atoms with van der Waals surface area (Å²) < 4.78 is 18.5. The smallest absolute Gasteiger partial charge is 0.336 e. The van der Waals surface area contributed by atoms with Crippen molar-refractivity contribution in [2.45, 2.75) is 32.6 Å². The van der Waals surface area contributed by atoms with Gasteiger partial charge >= 0.3 is 5.97 Å². The van der Waals surface area contributed by atoms with Crippen molar-refractivity contribution >= 4 is 11.8 Å². The molecule has 1 aromatic carbocycles. The molecule has 0 fully saturated rings. The number of ether oxygens (including phenoxy) is 1. The van der Waals surface area contributed by atoms with Crippen molar-refractivity contribution in [3.63, 3.8) is 0 Å². The highest BCUT2D eigenvalue weighted by atomic mass is 19.1. The Kier molecular flexibility index (Phi) is 4.51. The van der Waals surface area contributed by atoms with Crippen LogP contribution in [0.5, 0.6) is 0 Å². The number of esters is 1. The maximum Gasteiger partial charge on any atom is 0.336 e. The SMILES string of the molecule is CCOC(=O)C1=C(C)NC2=CCCC(=O)C2C1c1ccc(F)cc1. The van der Waals surface area contributed by atoms with Gasteiger partial charge in [0.1, 0.15) is 11.6 Å². The van der Waals surface area contributed by atoms with Gasteiger partial charge in [0.25, 0.3) is 0 Å². The number of ketones is 1. The molecule has 2 unspecified atom stereocenters. The van der Waals surface area contributed by atoms with E-state index < -0.39 is 17.8 Å². The Balaban J connectivity index is 2.14. The highest BCUT2D eigenvalue weighted by Crippen LogP contribution is 2.43. The second-order valence-corrected chi connectivity index (χ2v) is 6.06. The predicted molar refractivity (Wildman–Crippen MR) is 87.4 cm³/mol. The molecular weight excluding hydrogens is 309 g/mol. The Bertz CT molecular complexity index is 733. The summed E-state index contributed by atoms with van der Waals surface area (Å²) in [5.41, 5.74) is 2.69. The molecule has 2 atom stereocenters. The van der Waals surface area contributed by atoms with Crippen LogP contribution in [0.15, 0.2) is 47.3 Å². The Morgan fingerprint density at radius 3 is 2.67 bits per heavy atom. The van der Waals surface area contributed by atoms with Gasteiger partial charge in [0.2, 0.25) is 0 Å². The summed E-state index contributed by atoms with van der Waals surface area (Å²) in [4.78, 5) is 25.1. The van der Waals surface area contributed by atoms with Crippen LogP contribution in [0.25, 0.3) is 0 Å². The number of hydrogen-bond donors (Lipinski definition) is 1. The van der Waals surface area contributed by atoms with Crippen LogP contribution in [0.4, 0.5) is 4.39 Å². The third-order valence-electron chi connectivity index (χ3n) is 4.54. The summed E-state index contributed by atoms with van der Waals surface area (Å²) in [6.45, 7) is 3.81. The minimum absolute atomic E-state index is 0.0867. The van der Waals surface area contributed by atoms with Crippen LogP contribution in [0.2, 0.25) is 0 Å². The molecule has 1 aromatic rings.